The van der Waals surface area contributed by atoms with Gasteiger partial charge in [-0.15, -0.1) is 0 Å². The quantitative estimate of drug-likeness (QED) is 0.902. The van der Waals surface area contributed by atoms with Gasteiger partial charge in [-0.25, -0.2) is 4.39 Å². The normalized spacial score (nSPS) is 12.2. The fraction of sp³-hybridized carbons (Fsp3) is 0.250. The molecule has 20 heavy (non-hydrogen) atoms. The van der Waals surface area contributed by atoms with Crippen LogP contribution in [-0.2, 0) is 12.8 Å². The van der Waals surface area contributed by atoms with E-state index in [1.807, 2.05) is 24.3 Å². The van der Waals surface area contributed by atoms with Crippen molar-refractivity contribution in [2.45, 2.75) is 18.9 Å². The molecule has 0 amide bonds. The van der Waals surface area contributed by atoms with Gasteiger partial charge < -0.3 is 10.5 Å². The van der Waals surface area contributed by atoms with E-state index >= 15 is 0 Å². The van der Waals surface area contributed by atoms with Crippen LogP contribution in [0, 0.1) is 5.82 Å². The summed E-state index contributed by atoms with van der Waals surface area (Å²) in [6.07, 6.45) is 1.47. The van der Waals surface area contributed by atoms with Gasteiger partial charge in [-0.3, -0.25) is 0 Å². The van der Waals surface area contributed by atoms with E-state index < -0.39 is 0 Å². The second kappa shape index (κ2) is 6.86. The van der Waals surface area contributed by atoms with Crippen molar-refractivity contribution >= 4 is 15.9 Å². The molecule has 0 fully saturated rings. The molecule has 2 aromatic carbocycles. The van der Waals surface area contributed by atoms with Crippen molar-refractivity contribution in [2.75, 3.05) is 7.11 Å². The first-order valence-corrected chi connectivity index (χ1v) is 7.20. The molecule has 2 aromatic rings. The second-order valence-electron chi connectivity index (χ2n) is 4.75. The predicted molar refractivity (Wildman–Crippen MR) is 82.5 cm³/mol. The number of ether oxygens (including phenoxy) is 1. The van der Waals surface area contributed by atoms with Crippen molar-refractivity contribution in [3.63, 3.8) is 0 Å². The van der Waals surface area contributed by atoms with Gasteiger partial charge in [0.25, 0.3) is 0 Å². The lowest BCUT2D eigenvalue weighted by Gasteiger charge is -2.13. The van der Waals surface area contributed by atoms with Gasteiger partial charge in [0.05, 0.1) is 7.11 Å². The van der Waals surface area contributed by atoms with E-state index in [1.54, 1.807) is 13.2 Å². The lowest BCUT2D eigenvalue weighted by molar-refractivity contribution is 0.414. The third kappa shape index (κ3) is 4.05. The molecule has 2 nitrogen and oxygen atoms in total. The van der Waals surface area contributed by atoms with Crippen molar-refractivity contribution < 1.29 is 9.13 Å². The number of halogens is 2. The van der Waals surface area contributed by atoms with Crippen LogP contribution in [0.1, 0.15) is 11.1 Å². The Kier molecular flexibility index (Phi) is 5.15. The van der Waals surface area contributed by atoms with Crippen LogP contribution >= 0.6 is 15.9 Å². The highest BCUT2D eigenvalue weighted by atomic mass is 79.9. The summed E-state index contributed by atoms with van der Waals surface area (Å²) in [5.74, 6) is 0.591. The van der Waals surface area contributed by atoms with Crippen LogP contribution in [0.4, 0.5) is 4.39 Å². The molecule has 1 unspecified atom stereocenters. The highest BCUT2D eigenvalue weighted by molar-refractivity contribution is 9.10. The molecular formula is C16H17BrFNO. The monoisotopic (exact) mass is 337 g/mol. The summed E-state index contributed by atoms with van der Waals surface area (Å²) in [5, 5.41) is 0. The zero-order valence-electron chi connectivity index (χ0n) is 11.3. The zero-order chi connectivity index (χ0) is 14.5. The molecule has 0 heterocycles. The third-order valence-corrected chi connectivity index (χ3v) is 3.89. The number of benzene rings is 2. The van der Waals surface area contributed by atoms with Crippen LogP contribution in [0.3, 0.4) is 0 Å². The zero-order valence-corrected chi connectivity index (χ0v) is 12.9. The lowest BCUT2D eigenvalue weighted by atomic mass is 10.00. The lowest BCUT2D eigenvalue weighted by Crippen LogP contribution is -2.25. The molecule has 0 aliphatic heterocycles. The number of hydrogen-bond acceptors (Lipinski definition) is 2. The predicted octanol–water partition coefficient (Wildman–Crippen LogP) is 3.71. The molecule has 2 rings (SSSR count). The Morgan fingerprint density at radius 3 is 2.45 bits per heavy atom. The molecule has 2 N–H and O–H groups in total. The molecule has 4 heteroatoms. The Balaban J connectivity index is 1.99. The maximum atomic E-state index is 13.0. The number of methoxy groups -OCH3 is 1. The van der Waals surface area contributed by atoms with E-state index in [1.165, 1.54) is 12.1 Å². The maximum Gasteiger partial charge on any atom is 0.124 e. The Morgan fingerprint density at radius 1 is 1.15 bits per heavy atom. The highest BCUT2D eigenvalue weighted by Crippen LogP contribution is 2.20. The molecule has 0 saturated carbocycles. The maximum absolute atomic E-state index is 13.0. The van der Waals surface area contributed by atoms with E-state index in [0.717, 1.165) is 27.8 Å². The first-order valence-electron chi connectivity index (χ1n) is 6.41. The van der Waals surface area contributed by atoms with Crippen LogP contribution in [0.5, 0.6) is 5.75 Å². The summed E-state index contributed by atoms with van der Waals surface area (Å²) in [6.45, 7) is 0. The molecule has 0 spiro atoms. The van der Waals surface area contributed by atoms with E-state index in [-0.39, 0.29) is 11.9 Å². The second-order valence-corrected chi connectivity index (χ2v) is 5.61. The van der Waals surface area contributed by atoms with Gasteiger partial charge in [-0.1, -0.05) is 34.1 Å². The first-order chi connectivity index (χ1) is 9.58. The van der Waals surface area contributed by atoms with E-state index in [2.05, 4.69) is 15.9 Å². The van der Waals surface area contributed by atoms with Crippen molar-refractivity contribution in [3.8, 4) is 5.75 Å². The number of rotatable bonds is 5. The fourth-order valence-electron chi connectivity index (χ4n) is 2.11. The van der Waals surface area contributed by atoms with E-state index in [4.69, 9.17) is 10.5 Å². The van der Waals surface area contributed by atoms with Gasteiger partial charge in [-0.2, -0.15) is 0 Å². The molecule has 0 aromatic heterocycles. The molecular weight excluding hydrogens is 321 g/mol. The Hall–Kier alpha value is -1.39. The fourth-order valence-corrected chi connectivity index (χ4v) is 2.62. The summed E-state index contributed by atoms with van der Waals surface area (Å²) in [5.41, 5.74) is 8.35. The van der Waals surface area contributed by atoms with Crippen molar-refractivity contribution in [3.05, 3.63) is 63.9 Å². The van der Waals surface area contributed by atoms with E-state index in [0.29, 0.717) is 6.42 Å². The van der Waals surface area contributed by atoms with Crippen molar-refractivity contribution in [1.82, 2.24) is 0 Å². The van der Waals surface area contributed by atoms with Crippen molar-refractivity contribution in [2.24, 2.45) is 5.73 Å². The van der Waals surface area contributed by atoms with Gasteiger partial charge in [-0.05, 0) is 48.2 Å². The van der Waals surface area contributed by atoms with E-state index in [9.17, 15) is 4.39 Å². The third-order valence-electron chi connectivity index (χ3n) is 3.15. The summed E-state index contributed by atoms with van der Waals surface area (Å²) in [4.78, 5) is 0. The average molecular weight is 338 g/mol. The summed E-state index contributed by atoms with van der Waals surface area (Å²) < 4.78 is 18.9. The van der Waals surface area contributed by atoms with Gasteiger partial charge in [0.2, 0.25) is 0 Å². The Bertz CT molecular complexity index is 571. The molecule has 0 bridgehead atoms. The van der Waals surface area contributed by atoms with Crippen LogP contribution in [0.25, 0.3) is 0 Å². The summed E-state index contributed by atoms with van der Waals surface area (Å²) in [7, 11) is 1.65. The molecule has 1 atom stereocenters. The summed E-state index contributed by atoms with van der Waals surface area (Å²) >= 11 is 3.37. The number of nitrogens with two attached hydrogens (primary N) is 1. The molecule has 0 saturated heterocycles. The van der Waals surface area contributed by atoms with Crippen LogP contribution < -0.4 is 10.5 Å². The number of hydrogen-bond donors (Lipinski definition) is 1. The topological polar surface area (TPSA) is 35.2 Å². The van der Waals surface area contributed by atoms with Gasteiger partial charge in [0, 0.05) is 10.5 Å². The first kappa shape index (κ1) is 15.0. The largest absolute Gasteiger partial charge is 0.497 e. The Morgan fingerprint density at radius 2 is 1.85 bits per heavy atom. The van der Waals surface area contributed by atoms with Gasteiger partial charge in [0.1, 0.15) is 11.6 Å². The van der Waals surface area contributed by atoms with Crippen LogP contribution in [0.15, 0.2) is 46.9 Å². The average Bonchev–Trinajstić information content (AvgIpc) is 2.43. The van der Waals surface area contributed by atoms with Crippen LogP contribution in [0.2, 0.25) is 0 Å². The minimum atomic E-state index is -0.246. The molecule has 106 valence electrons. The minimum Gasteiger partial charge on any atom is -0.497 e. The van der Waals surface area contributed by atoms with Crippen LogP contribution in [-0.4, -0.2) is 13.2 Å². The van der Waals surface area contributed by atoms with Gasteiger partial charge in [0.15, 0.2) is 0 Å². The molecule has 0 radical (unpaired) electrons. The summed E-state index contributed by atoms with van der Waals surface area (Å²) in [6, 6.07) is 12.6. The molecule has 0 aliphatic rings. The minimum absolute atomic E-state index is 0.00911. The standard InChI is InChI=1S/C16H17BrFNO/c1-20-15-6-2-11(3-7-15)8-14(19)9-12-4-5-13(18)10-16(12)17/h2-7,10,14H,8-9,19H2,1H3. The molecule has 0 aliphatic carbocycles. The SMILES string of the molecule is COc1ccc(CC(N)Cc2ccc(F)cc2Br)cc1. The van der Waals surface area contributed by atoms with Crippen molar-refractivity contribution in [1.29, 1.82) is 0 Å². The van der Waals surface area contributed by atoms with Gasteiger partial charge >= 0.3 is 0 Å². The smallest absolute Gasteiger partial charge is 0.124 e. The Labute approximate surface area is 126 Å². The highest BCUT2D eigenvalue weighted by Gasteiger charge is 2.09.